The Morgan fingerprint density at radius 2 is 1.92 bits per heavy atom. The number of hydrogen-bond donors (Lipinski definition) is 1. The van der Waals surface area contributed by atoms with Crippen LogP contribution in [0.5, 0.6) is 17.2 Å². The van der Waals surface area contributed by atoms with Crippen LogP contribution in [0.15, 0.2) is 41.5 Å². The number of hydrazone groups is 1. The van der Waals surface area contributed by atoms with Crippen molar-refractivity contribution in [1.82, 2.24) is 5.43 Å². The molecule has 0 aromatic heterocycles. The van der Waals surface area contributed by atoms with Crippen LogP contribution in [-0.4, -0.2) is 32.9 Å². The van der Waals surface area contributed by atoms with E-state index in [0.29, 0.717) is 22.8 Å². The van der Waals surface area contributed by atoms with E-state index in [4.69, 9.17) is 14.2 Å². The summed E-state index contributed by atoms with van der Waals surface area (Å²) in [5.74, 6) is 1.44. The molecule has 0 bridgehead atoms. The molecular weight excluding hydrogens is 320 g/mol. The van der Waals surface area contributed by atoms with Gasteiger partial charge in [0.05, 0.1) is 20.4 Å². The molecule has 0 aliphatic heterocycles. The second-order valence-electron chi connectivity index (χ2n) is 5.41. The lowest BCUT2D eigenvalue weighted by molar-refractivity contribution is -0.123. The van der Waals surface area contributed by atoms with Crippen LogP contribution in [0.2, 0.25) is 0 Å². The third kappa shape index (κ3) is 4.97. The van der Waals surface area contributed by atoms with Gasteiger partial charge >= 0.3 is 0 Å². The van der Waals surface area contributed by atoms with Crippen LogP contribution in [0.25, 0.3) is 0 Å². The largest absolute Gasteiger partial charge is 0.493 e. The van der Waals surface area contributed by atoms with Crippen LogP contribution in [0.3, 0.4) is 0 Å². The molecular formula is C19H22N2O4. The number of para-hydroxylation sites is 1. The smallest absolute Gasteiger partial charge is 0.277 e. The Morgan fingerprint density at radius 1 is 1.12 bits per heavy atom. The highest BCUT2D eigenvalue weighted by atomic mass is 16.5. The Balaban J connectivity index is 1.91. The van der Waals surface area contributed by atoms with Crippen molar-refractivity contribution in [2.24, 2.45) is 5.10 Å². The van der Waals surface area contributed by atoms with Crippen LogP contribution in [0.4, 0.5) is 0 Å². The predicted octanol–water partition coefficient (Wildman–Crippen LogP) is 2.85. The molecule has 25 heavy (non-hydrogen) atoms. The number of carbonyl (C=O) groups is 1. The Hall–Kier alpha value is -3.02. The van der Waals surface area contributed by atoms with Crippen molar-refractivity contribution in [2.75, 3.05) is 20.8 Å². The first kappa shape index (κ1) is 18.3. The van der Waals surface area contributed by atoms with E-state index in [0.717, 1.165) is 5.56 Å². The summed E-state index contributed by atoms with van der Waals surface area (Å²) in [6.45, 7) is 3.90. The molecule has 2 aromatic carbocycles. The molecule has 2 rings (SSSR count). The summed E-state index contributed by atoms with van der Waals surface area (Å²) in [6, 6.07) is 11.1. The van der Waals surface area contributed by atoms with E-state index in [1.165, 1.54) is 11.8 Å². The summed E-state index contributed by atoms with van der Waals surface area (Å²) in [5.41, 5.74) is 5.40. The van der Waals surface area contributed by atoms with E-state index in [1.807, 2.05) is 44.2 Å². The minimum absolute atomic E-state index is 0.116. The van der Waals surface area contributed by atoms with Gasteiger partial charge < -0.3 is 14.2 Å². The fourth-order valence-corrected chi connectivity index (χ4v) is 2.17. The second-order valence-corrected chi connectivity index (χ2v) is 5.41. The number of nitrogens with zero attached hydrogens (tertiary/aromatic N) is 1. The summed E-state index contributed by atoms with van der Waals surface area (Å²) in [7, 11) is 3.11. The molecule has 0 aliphatic carbocycles. The SMILES string of the molecule is COc1cccc(/C=N\NC(=O)COc2ccc(C)c(C)c2)c1OC. The maximum absolute atomic E-state index is 11.8. The third-order valence-electron chi connectivity index (χ3n) is 3.67. The Kier molecular flexibility index (Phi) is 6.39. The molecule has 1 amide bonds. The average Bonchev–Trinajstić information content (AvgIpc) is 2.62. The van der Waals surface area contributed by atoms with Crippen molar-refractivity contribution >= 4 is 12.1 Å². The van der Waals surface area contributed by atoms with Gasteiger partial charge in [0, 0.05) is 5.56 Å². The Bertz CT molecular complexity index is 772. The fraction of sp³-hybridized carbons (Fsp3) is 0.263. The van der Waals surface area contributed by atoms with Gasteiger partial charge in [0.15, 0.2) is 18.1 Å². The number of methoxy groups -OCH3 is 2. The van der Waals surface area contributed by atoms with E-state index in [1.54, 1.807) is 20.3 Å². The zero-order valence-corrected chi connectivity index (χ0v) is 14.8. The van der Waals surface area contributed by atoms with Gasteiger partial charge in [-0.15, -0.1) is 0 Å². The molecule has 0 unspecified atom stereocenters. The number of ether oxygens (including phenoxy) is 3. The number of rotatable bonds is 7. The molecule has 0 fully saturated rings. The molecule has 132 valence electrons. The number of aryl methyl sites for hydroxylation is 2. The summed E-state index contributed by atoms with van der Waals surface area (Å²) in [6.07, 6.45) is 1.50. The topological polar surface area (TPSA) is 69.2 Å². The van der Waals surface area contributed by atoms with Crippen LogP contribution >= 0.6 is 0 Å². The molecule has 0 radical (unpaired) electrons. The number of benzene rings is 2. The van der Waals surface area contributed by atoms with Gasteiger partial charge in [-0.3, -0.25) is 4.79 Å². The average molecular weight is 342 g/mol. The van der Waals surface area contributed by atoms with E-state index < -0.39 is 0 Å². The van der Waals surface area contributed by atoms with Crippen LogP contribution in [0.1, 0.15) is 16.7 Å². The lowest BCUT2D eigenvalue weighted by Gasteiger charge is -2.09. The second kappa shape index (κ2) is 8.73. The van der Waals surface area contributed by atoms with Gasteiger partial charge in [0.25, 0.3) is 5.91 Å². The number of nitrogens with one attached hydrogen (secondary N) is 1. The summed E-state index contributed by atoms with van der Waals surface area (Å²) in [4.78, 5) is 11.8. The van der Waals surface area contributed by atoms with Gasteiger partial charge in [-0.2, -0.15) is 5.10 Å². The maximum Gasteiger partial charge on any atom is 0.277 e. The normalized spacial score (nSPS) is 10.6. The molecule has 6 nitrogen and oxygen atoms in total. The van der Waals surface area contributed by atoms with Crippen LogP contribution in [0, 0.1) is 13.8 Å². The van der Waals surface area contributed by atoms with Crippen molar-refractivity contribution in [1.29, 1.82) is 0 Å². The molecule has 2 aromatic rings. The van der Waals surface area contributed by atoms with E-state index >= 15 is 0 Å². The Labute approximate surface area is 147 Å². The van der Waals surface area contributed by atoms with E-state index in [2.05, 4.69) is 10.5 Å². The van der Waals surface area contributed by atoms with Gasteiger partial charge in [-0.1, -0.05) is 12.1 Å². The highest BCUT2D eigenvalue weighted by Crippen LogP contribution is 2.29. The minimum Gasteiger partial charge on any atom is -0.493 e. The first-order valence-corrected chi connectivity index (χ1v) is 7.78. The standard InChI is InChI=1S/C19H22N2O4/c1-13-8-9-16(10-14(13)2)25-12-18(22)21-20-11-15-6-5-7-17(23-3)19(15)24-4/h5-11H,12H2,1-4H3,(H,21,22)/b20-11-. The van der Waals surface area contributed by atoms with Crippen molar-refractivity contribution in [3.8, 4) is 17.2 Å². The zero-order valence-electron chi connectivity index (χ0n) is 14.8. The fourth-order valence-electron chi connectivity index (χ4n) is 2.17. The maximum atomic E-state index is 11.8. The molecule has 0 atom stereocenters. The lowest BCUT2D eigenvalue weighted by atomic mass is 10.1. The quantitative estimate of drug-likeness (QED) is 0.620. The Morgan fingerprint density at radius 3 is 2.60 bits per heavy atom. The minimum atomic E-state index is -0.351. The van der Waals surface area contributed by atoms with Crippen molar-refractivity contribution in [3.05, 3.63) is 53.1 Å². The van der Waals surface area contributed by atoms with Gasteiger partial charge in [0.2, 0.25) is 0 Å². The molecule has 0 heterocycles. The molecule has 0 saturated carbocycles. The highest BCUT2D eigenvalue weighted by molar-refractivity contribution is 5.86. The molecule has 6 heteroatoms. The number of hydrogen-bond acceptors (Lipinski definition) is 5. The summed E-state index contributed by atoms with van der Waals surface area (Å²) >= 11 is 0. The van der Waals surface area contributed by atoms with Crippen molar-refractivity contribution in [3.63, 3.8) is 0 Å². The summed E-state index contributed by atoms with van der Waals surface area (Å²) < 4.78 is 16.0. The van der Waals surface area contributed by atoms with E-state index in [-0.39, 0.29) is 12.5 Å². The van der Waals surface area contributed by atoms with Crippen LogP contribution < -0.4 is 19.6 Å². The molecule has 0 aliphatic rings. The van der Waals surface area contributed by atoms with Crippen LogP contribution in [-0.2, 0) is 4.79 Å². The molecule has 0 spiro atoms. The van der Waals surface area contributed by atoms with Crippen molar-refractivity contribution in [2.45, 2.75) is 13.8 Å². The number of amides is 1. The molecule has 0 saturated heterocycles. The van der Waals surface area contributed by atoms with Gasteiger partial charge in [0.1, 0.15) is 5.75 Å². The monoisotopic (exact) mass is 342 g/mol. The molecule has 1 N–H and O–H groups in total. The third-order valence-corrected chi connectivity index (χ3v) is 3.67. The summed E-state index contributed by atoms with van der Waals surface area (Å²) in [5, 5.41) is 3.93. The van der Waals surface area contributed by atoms with Gasteiger partial charge in [-0.25, -0.2) is 5.43 Å². The first-order chi connectivity index (χ1) is 12.0. The van der Waals surface area contributed by atoms with Gasteiger partial charge in [-0.05, 0) is 49.2 Å². The van der Waals surface area contributed by atoms with E-state index in [9.17, 15) is 4.79 Å². The predicted molar refractivity (Wildman–Crippen MR) is 96.7 cm³/mol. The zero-order chi connectivity index (χ0) is 18.2. The first-order valence-electron chi connectivity index (χ1n) is 7.78. The van der Waals surface area contributed by atoms with Crippen molar-refractivity contribution < 1.29 is 19.0 Å². The highest BCUT2D eigenvalue weighted by Gasteiger charge is 2.07. The lowest BCUT2D eigenvalue weighted by Crippen LogP contribution is -2.24. The number of carbonyl (C=O) groups excluding carboxylic acids is 1.